The number of hydrazone groups is 1. The van der Waals surface area contributed by atoms with Crippen molar-refractivity contribution in [3.05, 3.63) is 20.8 Å². The molecule has 1 aromatic rings. The van der Waals surface area contributed by atoms with Crippen molar-refractivity contribution >= 4 is 33.5 Å². The van der Waals surface area contributed by atoms with Gasteiger partial charge in [0.2, 0.25) is 0 Å². The zero-order valence-corrected chi connectivity index (χ0v) is 10.1. The van der Waals surface area contributed by atoms with Crippen LogP contribution in [0.5, 0.6) is 0 Å². The molecule has 1 aromatic heterocycles. The lowest BCUT2D eigenvalue weighted by atomic mass is 10.5. The van der Waals surface area contributed by atoms with Gasteiger partial charge in [-0.1, -0.05) is 0 Å². The molecule has 5 heteroatoms. The first-order valence-electron chi connectivity index (χ1n) is 4.46. The summed E-state index contributed by atoms with van der Waals surface area (Å²) in [5.74, 6) is 0. The first kappa shape index (κ1) is 10.1. The normalized spacial score (nSPS) is 17.9. The fourth-order valence-corrected chi connectivity index (χ4v) is 2.50. The summed E-state index contributed by atoms with van der Waals surface area (Å²) in [4.78, 5) is 1.17. The van der Waals surface area contributed by atoms with Crippen molar-refractivity contribution in [3.63, 3.8) is 0 Å². The number of nitrogens with zero attached hydrogens (tertiary/aromatic N) is 2. The van der Waals surface area contributed by atoms with Crippen molar-refractivity contribution in [2.45, 2.75) is 0 Å². The fourth-order valence-electron chi connectivity index (χ4n) is 1.21. The third kappa shape index (κ3) is 2.80. The molecule has 1 aliphatic rings. The molecule has 1 fully saturated rings. The summed E-state index contributed by atoms with van der Waals surface area (Å²) in [6.45, 7) is 3.35. The van der Waals surface area contributed by atoms with E-state index in [1.54, 1.807) is 11.3 Å². The van der Waals surface area contributed by atoms with Crippen LogP contribution in [0, 0.1) is 0 Å². The highest BCUT2D eigenvalue weighted by molar-refractivity contribution is 9.11. The summed E-state index contributed by atoms with van der Waals surface area (Å²) in [6.07, 6.45) is 1.90. The topological polar surface area (TPSA) is 24.8 Å². The number of hydrogen-bond acceptors (Lipinski definition) is 4. The quantitative estimate of drug-likeness (QED) is 0.773. The highest BCUT2D eigenvalue weighted by atomic mass is 79.9. The number of hydrogen-bond donors (Lipinski definition) is 0. The Bertz CT molecular complexity index is 320. The van der Waals surface area contributed by atoms with Crippen LogP contribution in [0.15, 0.2) is 21.0 Å². The van der Waals surface area contributed by atoms with Crippen molar-refractivity contribution in [3.8, 4) is 0 Å². The van der Waals surface area contributed by atoms with Crippen molar-refractivity contribution in [1.82, 2.24) is 5.01 Å². The summed E-state index contributed by atoms with van der Waals surface area (Å²) in [7, 11) is 0. The van der Waals surface area contributed by atoms with Crippen molar-refractivity contribution in [2.24, 2.45) is 5.10 Å². The molecular formula is C9H11BrN2OS. The van der Waals surface area contributed by atoms with E-state index in [2.05, 4.69) is 27.1 Å². The largest absolute Gasteiger partial charge is 0.378 e. The van der Waals surface area contributed by atoms with Crippen LogP contribution in [0.25, 0.3) is 0 Å². The molecule has 0 aromatic carbocycles. The number of ether oxygens (including phenoxy) is 1. The minimum Gasteiger partial charge on any atom is -0.378 e. The molecule has 14 heavy (non-hydrogen) atoms. The van der Waals surface area contributed by atoms with E-state index in [1.165, 1.54) is 4.88 Å². The zero-order chi connectivity index (χ0) is 9.80. The molecular weight excluding hydrogens is 264 g/mol. The second-order valence-corrected chi connectivity index (χ2v) is 5.45. The maximum atomic E-state index is 5.24. The summed E-state index contributed by atoms with van der Waals surface area (Å²) in [5.41, 5.74) is 0. The van der Waals surface area contributed by atoms with Crippen LogP contribution in [-0.2, 0) is 4.74 Å². The highest BCUT2D eigenvalue weighted by Crippen LogP contribution is 2.20. The molecule has 0 saturated carbocycles. The molecule has 0 amide bonds. The van der Waals surface area contributed by atoms with Crippen LogP contribution in [0.1, 0.15) is 4.88 Å². The average molecular weight is 275 g/mol. The van der Waals surface area contributed by atoms with Crippen LogP contribution in [-0.4, -0.2) is 37.5 Å². The lowest BCUT2D eigenvalue weighted by molar-refractivity contribution is 0.0397. The SMILES string of the molecule is Brc1ccc(/C=N\N2CCOCC2)s1. The van der Waals surface area contributed by atoms with Gasteiger partial charge in [-0.2, -0.15) is 5.10 Å². The number of halogens is 1. The molecule has 76 valence electrons. The molecule has 1 aliphatic heterocycles. The number of rotatable bonds is 2. The first-order chi connectivity index (χ1) is 6.84. The lowest BCUT2D eigenvalue weighted by Gasteiger charge is -2.23. The molecule has 1 saturated heterocycles. The molecule has 2 heterocycles. The van der Waals surface area contributed by atoms with Crippen LogP contribution in [0.2, 0.25) is 0 Å². The minimum absolute atomic E-state index is 0.783. The van der Waals surface area contributed by atoms with Crippen molar-refractivity contribution < 1.29 is 4.74 Å². The van der Waals surface area contributed by atoms with Gasteiger partial charge in [0.15, 0.2) is 0 Å². The van der Waals surface area contributed by atoms with E-state index >= 15 is 0 Å². The van der Waals surface area contributed by atoms with Crippen molar-refractivity contribution in [2.75, 3.05) is 26.3 Å². The summed E-state index contributed by atoms with van der Waals surface area (Å²) in [5, 5.41) is 6.42. The van der Waals surface area contributed by atoms with Gasteiger partial charge in [0.05, 0.1) is 36.3 Å². The number of morpholine rings is 1. The summed E-state index contributed by atoms with van der Waals surface area (Å²) >= 11 is 5.11. The van der Waals surface area contributed by atoms with Gasteiger partial charge >= 0.3 is 0 Å². The van der Waals surface area contributed by atoms with Crippen LogP contribution < -0.4 is 0 Å². The Morgan fingerprint density at radius 3 is 2.86 bits per heavy atom. The van der Waals surface area contributed by atoms with Gasteiger partial charge < -0.3 is 4.74 Å². The monoisotopic (exact) mass is 274 g/mol. The fraction of sp³-hybridized carbons (Fsp3) is 0.444. The van der Waals surface area contributed by atoms with Gasteiger partial charge in [-0.05, 0) is 28.1 Å². The van der Waals surface area contributed by atoms with Gasteiger partial charge in [-0.3, -0.25) is 5.01 Å². The second kappa shape index (κ2) is 4.91. The lowest BCUT2D eigenvalue weighted by Crippen LogP contribution is -2.32. The maximum absolute atomic E-state index is 5.24. The Kier molecular flexibility index (Phi) is 3.55. The smallest absolute Gasteiger partial charge is 0.0705 e. The van der Waals surface area contributed by atoms with Crippen LogP contribution >= 0.6 is 27.3 Å². The molecule has 0 spiro atoms. The van der Waals surface area contributed by atoms with Gasteiger partial charge in [0, 0.05) is 4.88 Å². The van der Waals surface area contributed by atoms with Gasteiger partial charge in [0.1, 0.15) is 0 Å². The Labute approximate surface area is 95.5 Å². The maximum Gasteiger partial charge on any atom is 0.0705 e. The highest BCUT2D eigenvalue weighted by Gasteiger charge is 2.06. The van der Waals surface area contributed by atoms with E-state index in [-0.39, 0.29) is 0 Å². The summed E-state index contributed by atoms with van der Waals surface area (Å²) < 4.78 is 6.38. The van der Waals surface area contributed by atoms with E-state index in [0.717, 1.165) is 30.1 Å². The Balaban J connectivity index is 1.92. The van der Waals surface area contributed by atoms with Gasteiger partial charge in [0.25, 0.3) is 0 Å². The molecule has 0 N–H and O–H groups in total. The third-order valence-electron chi connectivity index (χ3n) is 1.93. The van der Waals surface area contributed by atoms with E-state index in [9.17, 15) is 0 Å². The van der Waals surface area contributed by atoms with E-state index < -0.39 is 0 Å². The summed E-state index contributed by atoms with van der Waals surface area (Å²) in [6, 6.07) is 4.09. The molecule has 0 radical (unpaired) electrons. The van der Waals surface area contributed by atoms with Crippen molar-refractivity contribution in [1.29, 1.82) is 0 Å². The average Bonchev–Trinajstić information content (AvgIpc) is 2.63. The molecule has 2 rings (SSSR count). The van der Waals surface area contributed by atoms with E-state index in [4.69, 9.17) is 4.74 Å². The first-order valence-corrected chi connectivity index (χ1v) is 6.07. The standard InChI is InChI=1S/C9H11BrN2OS/c10-9-2-1-8(14-9)7-11-12-3-5-13-6-4-12/h1-2,7H,3-6H2/b11-7-. The third-order valence-corrected chi connectivity index (χ3v) is 3.49. The van der Waals surface area contributed by atoms with Gasteiger partial charge in [-0.25, -0.2) is 0 Å². The molecule has 0 atom stereocenters. The predicted molar refractivity (Wildman–Crippen MR) is 62.0 cm³/mol. The molecule has 0 aliphatic carbocycles. The van der Waals surface area contributed by atoms with E-state index in [1.807, 2.05) is 17.3 Å². The zero-order valence-electron chi connectivity index (χ0n) is 7.65. The predicted octanol–water partition coefficient (Wildman–Crippen LogP) is 2.18. The molecule has 3 nitrogen and oxygen atoms in total. The Morgan fingerprint density at radius 1 is 1.43 bits per heavy atom. The molecule has 0 unspecified atom stereocenters. The molecule has 0 bridgehead atoms. The minimum atomic E-state index is 0.783. The Morgan fingerprint density at radius 2 is 2.21 bits per heavy atom. The number of thiophene rings is 1. The second-order valence-electron chi connectivity index (χ2n) is 2.95. The van der Waals surface area contributed by atoms with E-state index in [0.29, 0.717) is 0 Å². The van der Waals surface area contributed by atoms with Gasteiger partial charge in [-0.15, -0.1) is 11.3 Å². The van der Waals surface area contributed by atoms with Crippen LogP contribution in [0.3, 0.4) is 0 Å². The van der Waals surface area contributed by atoms with Crippen LogP contribution in [0.4, 0.5) is 0 Å². The Hall–Kier alpha value is -0.390.